The summed E-state index contributed by atoms with van der Waals surface area (Å²) in [7, 11) is 0. The maximum absolute atomic E-state index is 13.6. The van der Waals surface area contributed by atoms with Crippen molar-refractivity contribution in [1.82, 2.24) is 24.5 Å². The van der Waals surface area contributed by atoms with Crippen molar-refractivity contribution in [2.75, 3.05) is 0 Å². The molecule has 0 amide bonds. The molecule has 10 heteroatoms. The van der Waals surface area contributed by atoms with Crippen LogP contribution >= 0.6 is 11.3 Å². The molecule has 0 spiro atoms. The van der Waals surface area contributed by atoms with Crippen LogP contribution in [-0.4, -0.2) is 24.5 Å². The van der Waals surface area contributed by atoms with Crippen LogP contribution in [0.3, 0.4) is 0 Å². The minimum Gasteiger partial charge on any atom is -0.285 e. The van der Waals surface area contributed by atoms with Crippen molar-refractivity contribution >= 4 is 22.5 Å². The summed E-state index contributed by atoms with van der Waals surface area (Å²) in [6, 6.07) is 3.99. The van der Waals surface area contributed by atoms with E-state index in [-0.39, 0.29) is 29.4 Å². The summed E-state index contributed by atoms with van der Waals surface area (Å²) in [6.07, 6.45) is 3.57. The van der Waals surface area contributed by atoms with E-state index in [0.29, 0.717) is 22.7 Å². The number of nitrogens with zero attached hydrogens (tertiary/aromatic N) is 5. The van der Waals surface area contributed by atoms with Crippen molar-refractivity contribution in [3.8, 4) is 0 Å². The molecule has 0 saturated heterocycles. The van der Waals surface area contributed by atoms with Crippen molar-refractivity contribution in [3.63, 3.8) is 0 Å². The molecule has 34 heavy (non-hydrogen) atoms. The van der Waals surface area contributed by atoms with E-state index in [0.717, 1.165) is 36.8 Å². The fourth-order valence-electron chi connectivity index (χ4n) is 4.73. The van der Waals surface area contributed by atoms with Gasteiger partial charge in [-0.2, -0.15) is 13.2 Å². The van der Waals surface area contributed by atoms with Gasteiger partial charge in [0.05, 0.1) is 28.5 Å². The van der Waals surface area contributed by atoms with E-state index in [1.165, 1.54) is 16.8 Å². The molecule has 1 aliphatic rings. The Morgan fingerprint density at radius 1 is 1.09 bits per heavy atom. The Kier molecular flexibility index (Phi) is 5.93. The lowest BCUT2D eigenvalue weighted by Gasteiger charge is -2.27. The Bertz CT molecular complexity index is 1380. The maximum atomic E-state index is 13.6. The molecule has 176 valence electrons. The first-order valence-corrected chi connectivity index (χ1v) is 12.0. The van der Waals surface area contributed by atoms with E-state index in [4.69, 9.17) is 0 Å². The van der Waals surface area contributed by atoms with Crippen LogP contribution in [0, 0.1) is 6.92 Å². The second kappa shape index (κ2) is 8.90. The number of halogens is 3. The summed E-state index contributed by atoms with van der Waals surface area (Å²) < 4.78 is 42.1. The van der Waals surface area contributed by atoms with E-state index in [2.05, 4.69) is 19.9 Å². The number of hydrogen-bond acceptors (Lipinski definition) is 6. The van der Waals surface area contributed by atoms with Gasteiger partial charge in [-0.3, -0.25) is 19.3 Å². The Balaban J connectivity index is 1.55. The van der Waals surface area contributed by atoms with Gasteiger partial charge in [0.15, 0.2) is 5.65 Å². The highest BCUT2D eigenvalue weighted by molar-refractivity contribution is 7.09. The van der Waals surface area contributed by atoms with Gasteiger partial charge in [-0.1, -0.05) is 0 Å². The highest BCUT2D eigenvalue weighted by atomic mass is 32.1. The average molecular weight is 486 g/mol. The zero-order valence-corrected chi connectivity index (χ0v) is 19.2. The third-order valence-corrected chi connectivity index (χ3v) is 7.35. The number of aromatic nitrogens is 5. The predicted molar refractivity (Wildman–Crippen MR) is 123 cm³/mol. The van der Waals surface area contributed by atoms with Crippen molar-refractivity contribution < 1.29 is 13.2 Å². The summed E-state index contributed by atoms with van der Waals surface area (Å²) in [5.74, 6) is 0.387. The molecule has 0 aromatic carbocycles. The Morgan fingerprint density at radius 3 is 2.56 bits per heavy atom. The van der Waals surface area contributed by atoms with Gasteiger partial charge in [0, 0.05) is 35.5 Å². The number of pyridine rings is 2. The minimum atomic E-state index is -4.57. The molecular formula is C24H22F3N5OS. The Hall–Kier alpha value is -3.14. The molecule has 0 radical (unpaired) electrons. The van der Waals surface area contributed by atoms with Gasteiger partial charge in [0.2, 0.25) is 0 Å². The Morgan fingerprint density at radius 2 is 1.85 bits per heavy atom. The second-order valence-corrected chi connectivity index (χ2v) is 9.55. The molecule has 0 unspecified atom stereocenters. The Labute approximate surface area is 197 Å². The molecule has 0 bridgehead atoms. The number of rotatable bonds is 4. The largest absolute Gasteiger partial charge is 0.418 e. The van der Waals surface area contributed by atoms with E-state index in [1.54, 1.807) is 30.5 Å². The molecule has 1 saturated carbocycles. The summed E-state index contributed by atoms with van der Waals surface area (Å²) in [4.78, 5) is 30.9. The maximum Gasteiger partial charge on any atom is 0.418 e. The standard InChI is InChI=1S/C24H22F3N5OS/c1-14-12-30-19-11-17(15-4-6-16(7-5-15)22-29-9-10-34-22)23(33)32(21(19)31-14)13-20-18(24(25,26)27)3-2-8-28-20/h2-3,8-12,15-16H,4-7,13H2,1H3. The molecule has 6 nitrogen and oxygen atoms in total. The number of hydrogen-bond donors (Lipinski definition) is 0. The molecule has 4 heterocycles. The van der Waals surface area contributed by atoms with Crippen LogP contribution in [0.2, 0.25) is 0 Å². The molecule has 4 aromatic rings. The highest BCUT2D eigenvalue weighted by Crippen LogP contribution is 2.40. The smallest absolute Gasteiger partial charge is 0.285 e. The first-order valence-electron chi connectivity index (χ1n) is 11.1. The zero-order chi connectivity index (χ0) is 23.9. The number of fused-ring (bicyclic) bond motifs is 1. The van der Waals surface area contributed by atoms with Gasteiger partial charge in [0.1, 0.15) is 5.52 Å². The van der Waals surface area contributed by atoms with Gasteiger partial charge < -0.3 is 0 Å². The van der Waals surface area contributed by atoms with Crippen molar-refractivity contribution in [2.24, 2.45) is 0 Å². The molecule has 4 aromatic heterocycles. The van der Waals surface area contributed by atoms with Crippen LogP contribution in [0.1, 0.15) is 65.0 Å². The highest BCUT2D eigenvalue weighted by Gasteiger charge is 2.34. The van der Waals surface area contributed by atoms with Crippen molar-refractivity contribution in [3.05, 3.63) is 80.0 Å². The lowest BCUT2D eigenvalue weighted by Crippen LogP contribution is -2.29. The predicted octanol–water partition coefficient (Wildman–Crippen LogP) is 5.46. The number of alkyl halides is 3. The summed E-state index contributed by atoms with van der Waals surface area (Å²) in [6.45, 7) is 1.41. The summed E-state index contributed by atoms with van der Waals surface area (Å²) >= 11 is 1.65. The topological polar surface area (TPSA) is 73.6 Å². The second-order valence-electron chi connectivity index (χ2n) is 8.63. The molecule has 0 aliphatic heterocycles. The fraction of sp³-hybridized carbons (Fsp3) is 0.375. The summed E-state index contributed by atoms with van der Waals surface area (Å²) in [5.41, 5.74) is 0.512. The third-order valence-electron chi connectivity index (χ3n) is 6.41. The van der Waals surface area contributed by atoms with Gasteiger partial charge >= 0.3 is 6.18 Å². The van der Waals surface area contributed by atoms with Crippen LogP contribution in [0.25, 0.3) is 11.2 Å². The first-order chi connectivity index (χ1) is 16.3. The quantitative estimate of drug-likeness (QED) is 0.384. The van der Waals surface area contributed by atoms with Gasteiger partial charge in [0.25, 0.3) is 5.56 Å². The normalized spacial score (nSPS) is 18.9. The monoisotopic (exact) mass is 485 g/mol. The van der Waals surface area contributed by atoms with Gasteiger partial charge in [-0.25, -0.2) is 9.97 Å². The number of thiazole rings is 1. The van der Waals surface area contributed by atoms with E-state index >= 15 is 0 Å². The lowest BCUT2D eigenvalue weighted by molar-refractivity contribution is -0.138. The first kappa shape index (κ1) is 22.6. The van der Waals surface area contributed by atoms with Crippen molar-refractivity contribution in [2.45, 2.75) is 57.2 Å². The van der Waals surface area contributed by atoms with E-state index < -0.39 is 11.7 Å². The number of aryl methyl sites for hydroxylation is 1. The SMILES string of the molecule is Cc1cnc2cc(C3CCC(c4nccs4)CC3)c(=O)n(Cc3ncccc3C(F)(F)F)c2n1. The molecule has 5 rings (SSSR count). The molecule has 0 atom stereocenters. The lowest BCUT2D eigenvalue weighted by atomic mass is 9.79. The molecular weight excluding hydrogens is 463 g/mol. The molecule has 0 N–H and O–H groups in total. The van der Waals surface area contributed by atoms with Crippen LogP contribution < -0.4 is 5.56 Å². The fourth-order valence-corrected chi connectivity index (χ4v) is 5.54. The van der Waals surface area contributed by atoms with Crippen LogP contribution in [0.4, 0.5) is 13.2 Å². The summed E-state index contributed by atoms with van der Waals surface area (Å²) in [5, 5.41) is 3.09. The van der Waals surface area contributed by atoms with Crippen LogP contribution in [0.5, 0.6) is 0 Å². The van der Waals surface area contributed by atoms with Gasteiger partial charge in [-0.15, -0.1) is 11.3 Å². The minimum absolute atomic E-state index is 0.00767. The van der Waals surface area contributed by atoms with Gasteiger partial charge in [-0.05, 0) is 56.7 Å². The van der Waals surface area contributed by atoms with Crippen LogP contribution in [0.15, 0.2) is 47.0 Å². The molecule has 1 fully saturated rings. The average Bonchev–Trinajstić information content (AvgIpc) is 3.36. The third kappa shape index (κ3) is 4.34. The van der Waals surface area contributed by atoms with E-state index in [9.17, 15) is 18.0 Å². The van der Waals surface area contributed by atoms with E-state index in [1.807, 2.05) is 11.6 Å². The van der Waals surface area contributed by atoms with Crippen molar-refractivity contribution in [1.29, 1.82) is 0 Å². The van der Waals surface area contributed by atoms with Crippen LogP contribution in [-0.2, 0) is 12.7 Å². The molecule has 1 aliphatic carbocycles. The zero-order valence-electron chi connectivity index (χ0n) is 18.4.